The fraction of sp³-hybridized carbons (Fsp3) is 0.389. The van der Waals surface area contributed by atoms with E-state index in [0.29, 0.717) is 0 Å². The molecule has 4 nitrogen and oxygen atoms in total. The van der Waals surface area contributed by atoms with E-state index in [0.717, 1.165) is 31.7 Å². The molecule has 1 saturated heterocycles. The first-order valence-corrected chi connectivity index (χ1v) is 7.70. The summed E-state index contributed by atoms with van der Waals surface area (Å²) in [5.41, 5.74) is 2.47. The van der Waals surface area contributed by atoms with E-state index in [9.17, 15) is 5.11 Å². The van der Waals surface area contributed by atoms with E-state index in [1.54, 1.807) is 7.11 Å². The van der Waals surface area contributed by atoms with Crippen LogP contribution in [0.1, 0.15) is 17.5 Å². The highest BCUT2D eigenvalue weighted by atomic mass is 16.5. The van der Waals surface area contributed by atoms with Crippen LogP contribution in [-0.2, 0) is 13.0 Å². The van der Waals surface area contributed by atoms with Gasteiger partial charge >= 0.3 is 0 Å². The molecule has 0 spiro atoms. The maximum atomic E-state index is 10.3. The van der Waals surface area contributed by atoms with Gasteiger partial charge < -0.3 is 9.84 Å². The van der Waals surface area contributed by atoms with Crippen LogP contribution in [0.5, 0.6) is 5.75 Å². The molecule has 22 heavy (non-hydrogen) atoms. The van der Waals surface area contributed by atoms with E-state index in [1.165, 1.54) is 11.1 Å². The van der Waals surface area contributed by atoms with Gasteiger partial charge in [-0.1, -0.05) is 12.1 Å². The van der Waals surface area contributed by atoms with E-state index >= 15 is 0 Å². The highest BCUT2D eigenvalue weighted by Gasteiger charge is 2.32. The zero-order valence-electron chi connectivity index (χ0n) is 12.9. The summed E-state index contributed by atoms with van der Waals surface area (Å²) < 4.78 is 5.20. The lowest BCUT2D eigenvalue weighted by Crippen LogP contribution is -2.36. The third-order valence-corrected chi connectivity index (χ3v) is 4.36. The van der Waals surface area contributed by atoms with Gasteiger partial charge in [0.05, 0.1) is 13.2 Å². The first-order valence-electron chi connectivity index (χ1n) is 7.70. The topological polar surface area (TPSA) is 45.6 Å². The molecule has 0 unspecified atom stereocenters. The van der Waals surface area contributed by atoms with Gasteiger partial charge in [-0.15, -0.1) is 0 Å². The molecule has 1 aliphatic rings. The van der Waals surface area contributed by atoms with Crippen LogP contribution in [0, 0.1) is 0 Å². The minimum Gasteiger partial charge on any atom is -0.497 e. The molecule has 1 aliphatic heterocycles. The summed E-state index contributed by atoms with van der Waals surface area (Å²) in [5.74, 6) is 0.874. The predicted molar refractivity (Wildman–Crippen MR) is 85.8 cm³/mol. The molecule has 116 valence electrons. The third-order valence-electron chi connectivity index (χ3n) is 4.36. The number of nitrogens with zero attached hydrogens (tertiary/aromatic N) is 2. The van der Waals surface area contributed by atoms with Crippen molar-refractivity contribution >= 4 is 0 Å². The Kier molecular flexibility index (Phi) is 4.71. The molecular weight excluding hydrogens is 276 g/mol. The van der Waals surface area contributed by atoms with Crippen molar-refractivity contribution in [3.8, 4) is 5.75 Å². The number of aliphatic hydroxyl groups excluding tert-OH is 1. The van der Waals surface area contributed by atoms with Gasteiger partial charge in [-0.25, -0.2) is 0 Å². The summed E-state index contributed by atoms with van der Waals surface area (Å²) in [6, 6.07) is 12.4. The van der Waals surface area contributed by atoms with E-state index in [4.69, 9.17) is 4.74 Å². The Balaban J connectivity index is 1.68. The van der Waals surface area contributed by atoms with Gasteiger partial charge in [-0.05, 0) is 48.2 Å². The van der Waals surface area contributed by atoms with Gasteiger partial charge in [-0.2, -0.15) is 0 Å². The molecule has 2 atom stereocenters. The van der Waals surface area contributed by atoms with E-state index in [2.05, 4.69) is 22.0 Å². The largest absolute Gasteiger partial charge is 0.497 e. The number of hydrogen-bond donors (Lipinski definition) is 1. The molecule has 0 amide bonds. The van der Waals surface area contributed by atoms with Gasteiger partial charge in [0, 0.05) is 31.5 Å². The lowest BCUT2D eigenvalue weighted by Gasteiger charge is -2.26. The molecule has 0 radical (unpaired) electrons. The standard InChI is InChI=1S/C18H22N2O2/c1-22-16-4-2-15(3-5-16)13-20-11-8-18(21)17(20)12-14-6-9-19-10-7-14/h2-7,9-10,17-18,21H,8,11-13H2,1H3/t17-,18-/m0/s1. The number of ether oxygens (including phenoxy) is 1. The minimum absolute atomic E-state index is 0.171. The van der Waals surface area contributed by atoms with Crippen LogP contribution < -0.4 is 4.74 Å². The first-order chi connectivity index (χ1) is 10.8. The molecule has 4 heteroatoms. The fourth-order valence-electron chi connectivity index (χ4n) is 3.09. The van der Waals surface area contributed by atoms with E-state index < -0.39 is 0 Å². The quantitative estimate of drug-likeness (QED) is 0.920. The van der Waals surface area contributed by atoms with Crippen LogP contribution in [0.15, 0.2) is 48.8 Å². The highest BCUT2D eigenvalue weighted by molar-refractivity contribution is 5.27. The lowest BCUT2D eigenvalue weighted by molar-refractivity contribution is 0.112. The Morgan fingerprint density at radius 3 is 2.55 bits per heavy atom. The minimum atomic E-state index is -0.258. The number of benzene rings is 1. The van der Waals surface area contributed by atoms with Crippen molar-refractivity contribution in [1.29, 1.82) is 0 Å². The number of aromatic nitrogens is 1. The van der Waals surface area contributed by atoms with Crippen LogP contribution in [0.3, 0.4) is 0 Å². The molecular formula is C18H22N2O2. The Labute approximate surface area is 131 Å². The Morgan fingerprint density at radius 1 is 1.14 bits per heavy atom. The number of likely N-dealkylation sites (tertiary alicyclic amines) is 1. The molecule has 3 rings (SSSR count). The predicted octanol–water partition coefficient (Wildman–Crippen LogP) is 2.27. The fourth-order valence-corrected chi connectivity index (χ4v) is 3.09. The van der Waals surface area contributed by atoms with Crippen LogP contribution in [0.2, 0.25) is 0 Å². The molecule has 2 aromatic rings. The molecule has 1 aromatic heterocycles. The second-order valence-corrected chi connectivity index (χ2v) is 5.80. The van der Waals surface area contributed by atoms with Gasteiger partial charge in [0.1, 0.15) is 5.75 Å². The zero-order chi connectivity index (χ0) is 15.4. The maximum Gasteiger partial charge on any atom is 0.118 e. The molecule has 0 bridgehead atoms. The first kappa shape index (κ1) is 15.0. The van der Waals surface area contributed by atoms with Crippen molar-refractivity contribution in [1.82, 2.24) is 9.88 Å². The van der Waals surface area contributed by atoms with Gasteiger partial charge in [0.15, 0.2) is 0 Å². The second-order valence-electron chi connectivity index (χ2n) is 5.80. The Hall–Kier alpha value is -1.91. The Morgan fingerprint density at radius 2 is 1.86 bits per heavy atom. The number of aliphatic hydroxyl groups is 1. The van der Waals surface area contributed by atoms with Gasteiger partial charge in [-0.3, -0.25) is 9.88 Å². The number of hydrogen-bond acceptors (Lipinski definition) is 4. The average Bonchev–Trinajstić information content (AvgIpc) is 2.90. The summed E-state index contributed by atoms with van der Waals surface area (Å²) in [6.07, 6.45) is 5.06. The molecule has 1 fully saturated rings. The maximum absolute atomic E-state index is 10.3. The van der Waals surface area contributed by atoms with Crippen molar-refractivity contribution in [3.05, 3.63) is 59.9 Å². The van der Waals surface area contributed by atoms with Crippen LogP contribution >= 0.6 is 0 Å². The SMILES string of the molecule is COc1ccc(CN2CC[C@H](O)[C@@H]2Cc2ccncc2)cc1. The van der Waals surface area contributed by atoms with Crippen molar-refractivity contribution in [2.45, 2.75) is 31.5 Å². The van der Waals surface area contributed by atoms with Gasteiger partial charge in [0.25, 0.3) is 0 Å². The summed E-state index contributed by atoms with van der Waals surface area (Å²) >= 11 is 0. The number of pyridine rings is 1. The smallest absolute Gasteiger partial charge is 0.118 e. The van der Waals surface area contributed by atoms with Crippen molar-refractivity contribution < 1.29 is 9.84 Å². The van der Waals surface area contributed by atoms with Crippen LogP contribution in [-0.4, -0.2) is 40.8 Å². The van der Waals surface area contributed by atoms with Crippen LogP contribution in [0.25, 0.3) is 0 Å². The molecule has 1 N–H and O–H groups in total. The molecule has 0 aliphatic carbocycles. The van der Waals surface area contributed by atoms with Crippen molar-refractivity contribution in [3.63, 3.8) is 0 Å². The number of rotatable bonds is 5. The number of methoxy groups -OCH3 is 1. The highest BCUT2D eigenvalue weighted by Crippen LogP contribution is 2.24. The molecule has 0 saturated carbocycles. The van der Waals surface area contributed by atoms with Gasteiger partial charge in [0.2, 0.25) is 0 Å². The van der Waals surface area contributed by atoms with Crippen LogP contribution in [0.4, 0.5) is 0 Å². The molecule has 1 aromatic carbocycles. The van der Waals surface area contributed by atoms with Crippen molar-refractivity contribution in [2.24, 2.45) is 0 Å². The second kappa shape index (κ2) is 6.90. The molecule has 2 heterocycles. The van der Waals surface area contributed by atoms with E-state index in [1.807, 2.05) is 36.7 Å². The average molecular weight is 298 g/mol. The van der Waals surface area contributed by atoms with Crippen molar-refractivity contribution in [2.75, 3.05) is 13.7 Å². The monoisotopic (exact) mass is 298 g/mol. The Bertz CT molecular complexity index is 586. The third kappa shape index (κ3) is 3.46. The van der Waals surface area contributed by atoms with E-state index in [-0.39, 0.29) is 12.1 Å². The summed E-state index contributed by atoms with van der Waals surface area (Å²) in [7, 11) is 1.68. The summed E-state index contributed by atoms with van der Waals surface area (Å²) in [4.78, 5) is 6.42. The summed E-state index contributed by atoms with van der Waals surface area (Å²) in [6.45, 7) is 1.79. The zero-order valence-corrected chi connectivity index (χ0v) is 12.9. The summed E-state index contributed by atoms with van der Waals surface area (Å²) in [5, 5.41) is 10.3. The normalized spacial score (nSPS) is 21.9. The lowest BCUT2D eigenvalue weighted by atomic mass is 10.0.